The van der Waals surface area contributed by atoms with Crippen LogP contribution < -0.4 is 9.47 Å². The Bertz CT molecular complexity index is 354. The minimum Gasteiger partial charge on any atom is -0.493 e. The second-order valence-electron chi connectivity index (χ2n) is 3.75. The van der Waals surface area contributed by atoms with E-state index < -0.39 is 12.7 Å². The van der Waals surface area contributed by atoms with Gasteiger partial charge in [0.05, 0.1) is 13.2 Å². The van der Waals surface area contributed by atoms with Crippen LogP contribution in [0.1, 0.15) is 18.9 Å². The maximum atomic E-state index is 12.2. The minimum atomic E-state index is -2.88. The number of halogens is 2. The highest BCUT2D eigenvalue weighted by Crippen LogP contribution is 2.29. The predicted molar refractivity (Wildman–Crippen MR) is 59.6 cm³/mol. The number of benzene rings is 1. The number of aryl methyl sites for hydroxylation is 1. The topological polar surface area (TPSA) is 38.7 Å². The first-order valence-electron chi connectivity index (χ1n) is 5.32. The van der Waals surface area contributed by atoms with E-state index in [2.05, 4.69) is 4.74 Å². The Labute approximate surface area is 99.0 Å². The van der Waals surface area contributed by atoms with E-state index >= 15 is 0 Å². The lowest BCUT2D eigenvalue weighted by molar-refractivity contribution is -0.0512. The summed E-state index contributed by atoms with van der Waals surface area (Å²) in [4.78, 5) is 0. The molecule has 0 saturated heterocycles. The van der Waals surface area contributed by atoms with Gasteiger partial charge >= 0.3 is 6.61 Å². The lowest BCUT2D eigenvalue weighted by atomic mass is 10.1. The van der Waals surface area contributed by atoms with Gasteiger partial charge in [0.25, 0.3) is 0 Å². The highest BCUT2D eigenvalue weighted by Gasteiger charge is 2.11. The molecule has 0 heterocycles. The summed E-state index contributed by atoms with van der Waals surface area (Å²) < 4.78 is 33.6. The average molecular weight is 246 g/mol. The Kier molecular flexibility index (Phi) is 5.15. The molecular formula is C12H16F2O3. The van der Waals surface area contributed by atoms with Crippen LogP contribution in [0.2, 0.25) is 0 Å². The summed E-state index contributed by atoms with van der Waals surface area (Å²) in [6, 6.07) is 4.85. The first-order valence-corrected chi connectivity index (χ1v) is 5.32. The van der Waals surface area contributed by atoms with Gasteiger partial charge in [-0.2, -0.15) is 8.78 Å². The van der Waals surface area contributed by atoms with Crippen LogP contribution in [-0.4, -0.2) is 24.9 Å². The molecule has 0 radical (unpaired) electrons. The summed E-state index contributed by atoms with van der Waals surface area (Å²) in [7, 11) is 1.39. The molecule has 17 heavy (non-hydrogen) atoms. The van der Waals surface area contributed by atoms with Gasteiger partial charge in [-0.25, -0.2) is 0 Å². The molecule has 0 aliphatic rings. The fraction of sp³-hybridized carbons (Fsp3) is 0.500. The van der Waals surface area contributed by atoms with Crippen LogP contribution in [0.4, 0.5) is 8.78 Å². The van der Waals surface area contributed by atoms with Crippen molar-refractivity contribution < 1.29 is 23.4 Å². The highest BCUT2D eigenvalue weighted by atomic mass is 19.3. The largest absolute Gasteiger partial charge is 0.493 e. The van der Waals surface area contributed by atoms with E-state index in [9.17, 15) is 8.78 Å². The summed E-state index contributed by atoms with van der Waals surface area (Å²) in [5.74, 6) is 0.289. The first-order chi connectivity index (χ1) is 8.02. The molecule has 0 bridgehead atoms. The van der Waals surface area contributed by atoms with Gasteiger partial charge in [0.15, 0.2) is 11.5 Å². The minimum absolute atomic E-state index is 0.0191. The number of hydrogen-bond donors (Lipinski definition) is 1. The number of rotatable bonds is 6. The fourth-order valence-electron chi connectivity index (χ4n) is 1.44. The van der Waals surface area contributed by atoms with Crippen molar-refractivity contribution in [2.75, 3.05) is 7.11 Å². The van der Waals surface area contributed by atoms with E-state index in [1.807, 2.05) is 0 Å². The van der Waals surface area contributed by atoms with Gasteiger partial charge in [-0.3, -0.25) is 0 Å². The van der Waals surface area contributed by atoms with Gasteiger partial charge in [-0.05, 0) is 37.5 Å². The molecule has 1 N–H and O–H groups in total. The van der Waals surface area contributed by atoms with Crippen LogP contribution in [0.25, 0.3) is 0 Å². The second kappa shape index (κ2) is 6.39. The van der Waals surface area contributed by atoms with Crippen LogP contribution in [0.15, 0.2) is 18.2 Å². The quantitative estimate of drug-likeness (QED) is 0.838. The molecule has 0 aliphatic heterocycles. The average Bonchev–Trinajstić information content (AvgIpc) is 2.25. The molecule has 3 nitrogen and oxygen atoms in total. The van der Waals surface area contributed by atoms with Crippen molar-refractivity contribution >= 4 is 0 Å². The summed E-state index contributed by atoms with van der Waals surface area (Å²) in [6.45, 7) is -1.20. The van der Waals surface area contributed by atoms with E-state index in [0.29, 0.717) is 12.8 Å². The van der Waals surface area contributed by atoms with Gasteiger partial charge in [-0.15, -0.1) is 0 Å². The molecule has 0 saturated carbocycles. The number of methoxy groups -OCH3 is 1. The number of alkyl halides is 2. The zero-order valence-corrected chi connectivity index (χ0v) is 9.82. The molecule has 5 heteroatoms. The SMILES string of the molecule is COc1ccc(CCC(C)O)cc1OC(F)F. The molecule has 96 valence electrons. The van der Waals surface area contributed by atoms with Crippen LogP contribution in [0.3, 0.4) is 0 Å². The van der Waals surface area contributed by atoms with Crippen molar-refractivity contribution in [3.63, 3.8) is 0 Å². The Balaban J connectivity index is 2.80. The number of aliphatic hydroxyl groups excluding tert-OH is 1. The lowest BCUT2D eigenvalue weighted by Crippen LogP contribution is -2.05. The highest BCUT2D eigenvalue weighted by molar-refractivity contribution is 5.43. The number of hydrogen-bond acceptors (Lipinski definition) is 3. The van der Waals surface area contributed by atoms with E-state index in [1.54, 1.807) is 19.1 Å². The Morgan fingerprint density at radius 3 is 2.53 bits per heavy atom. The fourth-order valence-corrected chi connectivity index (χ4v) is 1.44. The zero-order valence-electron chi connectivity index (χ0n) is 9.82. The van der Waals surface area contributed by atoms with Gasteiger partial charge < -0.3 is 14.6 Å². The lowest BCUT2D eigenvalue weighted by Gasteiger charge is -2.12. The summed E-state index contributed by atoms with van der Waals surface area (Å²) in [5, 5.41) is 9.15. The second-order valence-corrected chi connectivity index (χ2v) is 3.75. The van der Waals surface area contributed by atoms with Crippen molar-refractivity contribution in [2.45, 2.75) is 32.5 Å². The van der Waals surface area contributed by atoms with Crippen molar-refractivity contribution in [1.29, 1.82) is 0 Å². The molecule has 0 fully saturated rings. The molecule has 1 atom stereocenters. The standard InChI is InChI=1S/C12H16F2O3/c1-8(15)3-4-9-5-6-10(16-2)11(7-9)17-12(13)14/h5-8,12,15H,3-4H2,1-2H3. The predicted octanol–water partition coefficient (Wildman–Crippen LogP) is 2.61. The normalized spacial score (nSPS) is 12.6. The zero-order chi connectivity index (χ0) is 12.8. The third-order valence-corrected chi connectivity index (χ3v) is 2.29. The van der Waals surface area contributed by atoms with Crippen LogP contribution >= 0.6 is 0 Å². The number of aliphatic hydroxyl groups is 1. The summed E-state index contributed by atoms with van der Waals surface area (Å²) in [5.41, 5.74) is 0.822. The molecule has 1 aromatic carbocycles. The smallest absolute Gasteiger partial charge is 0.387 e. The summed E-state index contributed by atoms with van der Waals surface area (Å²) >= 11 is 0. The van der Waals surface area contributed by atoms with Gasteiger partial charge in [0.2, 0.25) is 0 Å². The molecule has 0 aliphatic carbocycles. The van der Waals surface area contributed by atoms with Gasteiger partial charge in [0.1, 0.15) is 0 Å². The molecule has 0 aromatic heterocycles. The molecule has 1 unspecified atom stereocenters. The maximum absolute atomic E-state index is 12.2. The van der Waals surface area contributed by atoms with Crippen molar-refractivity contribution in [3.05, 3.63) is 23.8 Å². The van der Waals surface area contributed by atoms with E-state index in [-0.39, 0.29) is 11.5 Å². The monoisotopic (exact) mass is 246 g/mol. The van der Waals surface area contributed by atoms with E-state index in [4.69, 9.17) is 9.84 Å². The molecule has 0 spiro atoms. The van der Waals surface area contributed by atoms with Crippen LogP contribution in [-0.2, 0) is 6.42 Å². The van der Waals surface area contributed by atoms with Crippen molar-refractivity contribution in [3.8, 4) is 11.5 Å². The van der Waals surface area contributed by atoms with Crippen LogP contribution in [0, 0.1) is 0 Å². The first kappa shape index (κ1) is 13.7. The Hall–Kier alpha value is -1.36. The molecule has 1 rings (SSSR count). The Morgan fingerprint density at radius 2 is 2.00 bits per heavy atom. The van der Waals surface area contributed by atoms with Crippen molar-refractivity contribution in [1.82, 2.24) is 0 Å². The van der Waals surface area contributed by atoms with Gasteiger partial charge in [0, 0.05) is 0 Å². The van der Waals surface area contributed by atoms with Crippen molar-refractivity contribution in [2.24, 2.45) is 0 Å². The van der Waals surface area contributed by atoms with Gasteiger partial charge in [-0.1, -0.05) is 6.07 Å². The third-order valence-electron chi connectivity index (χ3n) is 2.29. The van der Waals surface area contributed by atoms with E-state index in [0.717, 1.165) is 5.56 Å². The molecule has 1 aromatic rings. The molecular weight excluding hydrogens is 230 g/mol. The summed E-state index contributed by atoms with van der Waals surface area (Å²) in [6.07, 6.45) is 0.749. The number of ether oxygens (including phenoxy) is 2. The maximum Gasteiger partial charge on any atom is 0.387 e. The Morgan fingerprint density at radius 1 is 1.29 bits per heavy atom. The van der Waals surface area contributed by atoms with Crippen LogP contribution in [0.5, 0.6) is 11.5 Å². The molecule has 0 amide bonds. The van der Waals surface area contributed by atoms with E-state index in [1.165, 1.54) is 13.2 Å². The third kappa shape index (κ3) is 4.56.